The number of ether oxygens (including phenoxy) is 2. The highest BCUT2D eigenvalue weighted by atomic mass is 32.2. The predicted octanol–water partition coefficient (Wildman–Crippen LogP) is 3.90. The summed E-state index contributed by atoms with van der Waals surface area (Å²) in [5, 5.41) is 0. The largest absolute Gasteiger partial charge is 0.494 e. The second-order valence-corrected chi connectivity index (χ2v) is 7.05. The highest BCUT2D eigenvalue weighted by Gasteiger charge is 2.19. The Hall–Kier alpha value is -2.21. The zero-order valence-electron chi connectivity index (χ0n) is 14.4. The number of hydrogen-bond donors (Lipinski definition) is 1. The molecule has 2 aromatic rings. The van der Waals surface area contributed by atoms with Crippen LogP contribution in [0.1, 0.15) is 25.0 Å². The second kappa shape index (κ2) is 7.57. The molecule has 1 N–H and O–H groups in total. The molecule has 0 amide bonds. The molecule has 2 aromatic carbocycles. The van der Waals surface area contributed by atoms with Crippen molar-refractivity contribution in [1.29, 1.82) is 0 Å². The van der Waals surface area contributed by atoms with Gasteiger partial charge in [-0.2, -0.15) is 0 Å². The highest BCUT2D eigenvalue weighted by Crippen LogP contribution is 2.32. The summed E-state index contributed by atoms with van der Waals surface area (Å²) in [4.78, 5) is 0.256. The Balaban J connectivity index is 2.44. The molecule has 130 valence electrons. The topological polar surface area (TPSA) is 64.6 Å². The van der Waals surface area contributed by atoms with Gasteiger partial charge in [0, 0.05) is 6.07 Å². The van der Waals surface area contributed by atoms with Crippen molar-refractivity contribution in [1.82, 2.24) is 0 Å². The fraction of sp³-hybridized carbons (Fsp3) is 0.333. The predicted molar refractivity (Wildman–Crippen MR) is 95.5 cm³/mol. The minimum atomic E-state index is -3.72. The summed E-state index contributed by atoms with van der Waals surface area (Å²) in [5.74, 6) is 1.05. The smallest absolute Gasteiger partial charge is 0.262 e. The molecule has 0 saturated carbocycles. The van der Waals surface area contributed by atoms with Crippen LogP contribution < -0.4 is 14.2 Å². The number of hydrogen-bond acceptors (Lipinski definition) is 4. The summed E-state index contributed by atoms with van der Waals surface area (Å²) in [5.41, 5.74) is 1.94. The molecular weight excluding hydrogens is 326 g/mol. The first kappa shape index (κ1) is 18.1. The monoisotopic (exact) mass is 349 g/mol. The van der Waals surface area contributed by atoms with Gasteiger partial charge >= 0.3 is 0 Å². The van der Waals surface area contributed by atoms with E-state index >= 15 is 0 Å². The van der Waals surface area contributed by atoms with E-state index in [1.807, 2.05) is 26.8 Å². The van der Waals surface area contributed by atoms with E-state index < -0.39 is 10.0 Å². The van der Waals surface area contributed by atoms with Crippen LogP contribution in [0.4, 0.5) is 5.69 Å². The van der Waals surface area contributed by atoms with Gasteiger partial charge in [-0.3, -0.25) is 4.72 Å². The first-order valence-corrected chi connectivity index (χ1v) is 9.35. The Morgan fingerprint density at radius 2 is 1.67 bits per heavy atom. The second-order valence-electron chi connectivity index (χ2n) is 5.40. The molecule has 2 rings (SSSR count). The Labute approximate surface area is 143 Å². The number of rotatable bonds is 7. The Morgan fingerprint density at radius 3 is 2.33 bits per heavy atom. The minimum absolute atomic E-state index is 0.256. The SMILES string of the molecule is CCOc1ccc(OCC)c(NS(=O)(=O)c2cc(C)ccc2C)c1. The third-order valence-electron chi connectivity index (χ3n) is 3.44. The van der Waals surface area contributed by atoms with Crippen molar-refractivity contribution in [3.8, 4) is 11.5 Å². The van der Waals surface area contributed by atoms with Gasteiger partial charge in [0.2, 0.25) is 0 Å². The molecule has 5 nitrogen and oxygen atoms in total. The molecule has 0 heterocycles. The van der Waals surface area contributed by atoms with Gasteiger partial charge in [0.05, 0.1) is 23.8 Å². The van der Waals surface area contributed by atoms with Crippen molar-refractivity contribution in [2.45, 2.75) is 32.6 Å². The van der Waals surface area contributed by atoms with E-state index in [-0.39, 0.29) is 4.90 Å². The summed E-state index contributed by atoms with van der Waals surface area (Å²) in [6.45, 7) is 8.28. The summed E-state index contributed by atoms with van der Waals surface area (Å²) < 4.78 is 39.2. The van der Waals surface area contributed by atoms with Crippen LogP contribution in [-0.4, -0.2) is 21.6 Å². The van der Waals surface area contributed by atoms with E-state index in [4.69, 9.17) is 9.47 Å². The maximum Gasteiger partial charge on any atom is 0.262 e. The highest BCUT2D eigenvalue weighted by molar-refractivity contribution is 7.92. The lowest BCUT2D eigenvalue weighted by Crippen LogP contribution is -2.15. The molecule has 0 aliphatic rings. The molecular formula is C18H23NO4S. The third-order valence-corrected chi connectivity index (χ3v) is 4.95. The van der Waals surface area contributed by atoms with Crippen molar-refractivity contribution in [2.24, 2.45) is 0 Å². The molecule has 0 unspecified atom stereocenters. The average Bonchev–Trinajstić information content (AvgIpc) is 2.52. The maximum absolute atomic E-state index is 12.8. The van der Waals surface area contributed by atoms with Crippen molar-refractivity contribution >= 4 is 15.7 Å². The van der Waals surface area contributed by atoms with Crippen LogP contribution in [0.5, 0.6) is 11.5 Å². The van der Waals surface area contributed by atoms with Crippen LogP contribution >= 0.6 is 0 Å². The summed E-state index contributed by atoms with van der Waals surface area (Å²) in [7, 11) is -3.72. The molecule has 0 aromatic heterocycles. The number of nitrogens with one attached hydrogen (secondary N) is 1. The maximum atomic E-state index is 12.8. The first-order chi connectivity index (χ1) is 11.4. The molecule has 0 aliphatic heterocycles. The molecule has 0 fully saturated rings. The van der Waals surface area contributed by atoms with Gasteiger partial charge in [0.15, 0.2) is 0 Å². The van der Waals surface area contributed by atoms with E-state index in [1.54, 1.807) is 37.3 Å². The van der Waals surface area contributed by atoms with E-state index in [2.05, 4.69) is 4.72 Å². The van der Waals surface area contributed by atoms with Crippen LogP contribution in [0.25, 0.3) is 0 Å². The quantitative estimate of drug-likeness (QED) is 0.823. The summed E-state index contributed by atoms with van der Waals surface area (Å²) >= 11 is 0. The average molecular weight is 349 g/mol. The minimum Gasteiger partial charge on any atom is -0.494 e. The molecule has 0 aliphatic carbocycles. The van der Waals surface area contributed by atoms with Crippen LogP contribution in [0.15, 0.2) is 41.3 Å². The third kappa shape index (κ3) is 4.20. The lowest BCUT2D eigenvalue weighted by molar-refractivity contribution is 0.332. The number of aryl methyl sites for hydroxylation is 2. The van der Waals surface area contributed by atoms with Crippen LogP contribution in [-0.2, 0) is 10.0 Å². The number of sulfonamides is 1. The lowest BCUT2D eigenvalue weighted by Gasteiger charge is -2.15. The molecule has 24 heavy (non-hydrogen) atoms. The van der Waals surface area contributed by atoms with Crippen molar-refractivity contribution in [2.75, 3.05) is 17.9 Å². The van der Waals surface area contributed by atoms with Gasteiger partial charge in [-0.1, -0.05) is 12.1 Å². The van der Waals surface area contributed by atoms with Gasteiger partial charge < -0.3 is 9.47 Å². The molecule has 0 saturated heterocycles. The van der Waals surface area contributed by atoms with E-state index in [0.717, 1.165) is 5.56 Å². The molecule has 0 spiro atoms. The van der Waals surface area contributed by atoms with Crippen molar-refractivity contribution < 1.29 is 17.9 Å². The molecule has 0 atom stereocenters. The zero-order valence-corrected chi connectivity index (χ0v) is 15.2. The van der Waals surface area contributed by atoms with Gasteiger partial charge in [0.25, 0.3) is 10.0 Å². The Morgan fingerprint density at radius 1 is 0.958 bits per heavy atom. The molecule has 0 bridgehead atoms. The standard InChI is InChI=1S/C18H23NO4S/c1-5-22-15-9-10-17(23-6-2)16(12-15)19-24(20,21)18-11-13(3)7-8-14(18)4/h7-12,19H,5-6H2,1-4H3. The van der Waals surface area contributed by atoms with E-state index in [9.17, 15) is 8.42 Å². The Bertz CT molecular complexity index is 816. The van der Waals surface area contributed by atoms with E-state index in [1.165, 1.54) is 0 Å². The van der Waals surface area contributed by atoms with Crippen LogP contribution in [0, 0.1) is 13.8 Å². The van der Waals surface area contributed by atoms with Gasteiger partial charge in [-0.25, -0.2) is 8.42 Å². The summed E-state index contributed by atoms with van der Waals surface area (Å²) in [6, 6.07) is 10.4. The van der Waals surface area contributed by atoms with Crippen LogP contribution in [0.3, 0.4) is 0 Å². The van der Waals surface area contributed by atoms with Crippen molar-refractivity contribution in [3.63, 3.8) is 0 Å². The number of anilines is 1. The molecule has 0 radical (unpaired) electrons. The molecule has 6 heteroatoms. The van der Waals surface area contributed by atoms with Crippen LogP contribution in [0.2, 0.25) is 0 Å². The zero-order chi connectivity index (χ0) is 17.7. The first-order valence-electron chi connectivity index (χ1n) is 7.87. The van der Waals surface area contributed by atoms with Gasteiger partial charge in [-0.05, 0) is 57.0 Å². The fourth-order valence-electron chi connectivity index (χ4n) is 2.32. The van der Waals surface area contributed by atoms with E-state index in [0.29, 0.717) is 36.0 Å². The lowest BCUT2D eigenvalue weighted by atomic mass is 10.2. The normalized spacial score (nSPS) is 11.2. The van der Waals surface area contributed by atoms with Gasteiger partial charge in [-0.15, -0.1) is 0 Å². The summed E-state index contributed by atoms with van der Waals surface area (Å²) in [6.07, 6.45) is 0. The Kier molecular flexibility index (Phi) is 5.72. The van der Waals surface area contributed by atoms with Gasteiger partial charge in [0.1, 0.15) is 11.5 Å². The fourth-order valence-corrected chi connectivity index (χ4v) is 3.72. The van der Waals surface area contributed by atoms with Crippen molar-refractivity contribution in [3.05, 3.63) is 47.5 Å². The number of benzene rings is 2.